The van der Waals surface area contributed by atoms with Gasteiger partial charge in [-0.3, -0.25) is 14.8 Å². The number of carbonyl (C=O) groups excluding carboxylic acids is 1. The monoisotopic (exact) mass is 423 g/mol. The minimum atomic E-state index is -4.60. The summed E-state index contributed by atoms with van der Waals surface area (Å²) in [6, 6.07) is 10.6. The first-order valence-electron chi connectivity index (χ1n) is 8.50. The summed E-state index contributed by atoms with van der Waals surface area (Å²) in [4.78, 5) is 20.8. The summed E-state index contributed by atoms with van der Waals surface area (Å²) in [5.41, 5.74) is 2.44. The maximum atomic E-state index is 12.0. The number of carbonyl (C=O) groups is 1. The van der Waals surface area contributed by atoms with Gasteiger partial charge in [0.15, 0.2) is 0 Å². The number of hydrogen-bond donors (Lipinski definition) is 1. The molecule has 1 amide bonds. The van der Waals surface area contributed by atoms with Crippen molar-refractivity contribution in [3.63, 3.8) is 0 Å². The van der Waals surface area contributed by atoms with Crippen LogP contribution in [0.15, 0.2) is 60.4 Å². The van der Waals surface area contributed by atoms with E-state index >= 15 is 0 Å². The van der Waals surface area contributed by atoms with E-state index in [2.05, 4.69) is 20.0 Å². The number of nitrogens with one attached hydrogen (secondary N) is 1. The smallest absolute Gasteiger partial charge is 0.491 e. The number of hydrogen-bond acceptors (Lipinski definition) is 6. The summed E-state index contributed by atoms with van der Waals surface area (Å²) in [7, 11) is 0. The van der Waals surface area contributed by atoms with Crippen LogP contribution in [0.2, 0.25) is 0 Å². The molecule has 1 unspecified atom stereocenters. The predicted molar refractivity (Wildman–Crippen MR) is 99.8 cm³/mol. The Bertz CT molecular complexity index is 921. The SMILES string of the molecule is FC(F)(F)Oc1ccccc1.O=C(NC1CCOc2cccnc21)c1cncs1. The van der Waals surface area contributed by atoms with Gasteiger partial charge in [-0.25, -0.2) is 0 Å². The molecule has 1 aliphatic heterocycles. The third-order valence-corrected chi connectivity index (χ3v) is 4.50. The maximum Gasteiger partial charge on any atom is 0.573 e. The molecule has 0 bridgehead atoms. The first-order chi connectivity index (χ1) is 13.9. The first kappa shape index (κ1) is 20.6. The van der Waals surface area contributed by atoms with E-state index in [0.29, 0.717) is 11.5 Å². The highest BCUT2D eigenvalue weighted by atomic mass is 32.1. The summed E-state index contributed by atoms with van der Waals surface area (Å²) in [5.74, 6) is 0.444. The molecule has 0 aliphatic carbocycles. The van der Waals surface area contributed by atoms with Crippen molar-refractivity contribution in [2.45, 2.75) is 18.8 Å². The fourth-order valence-corrected chi connectivity index (χ4v) is 3.05. The molecule has 0 saturated carbocycles. The predicted octanol–water partition coefficient (Wildman–Crippen LogP) is 4.38. The van der Waals surface area contributed by atoms with Crippen LogP contribution in [0, 0.1) is 0 Å². The van der Waals surface area contributed by atoms with Gasteiger partial charge in [0.25, 0.3) is 5.91 Å². The zero-order valence-electron chi connectivity index (χ0n) is 14.9. The molecule has 6 nitrogen and oxygen atoms in total. The minimum absolute atomic E-state index is 0.0930. The van der Waals surface area contributed by atoms with Crippen molar-refractivity contribution in [3.8, 4) is 11.5 Å². The molecule has 0 fully saturated rings. The molecular weight excluding hydrogens is 407 g/mol. The third-order valence-electron chi connectivity index (χ3n) is 3.73. The molecule has 1 atom stereocenters. The van der Waals surface area contributed by atoms with Gasteiger partial charge in [-0.15, -0.1) is 24.5 Å². The summed E-state index contributed by atoms with van der Waals surface area (Å²) >= 11 is 1.33. The Kier molecular flexibility index (Phi) is 6.65. The van der Waals surface area contributed by atoms with Crippen molar-refractivity contribution in [2.24, 2.45) is 0 Å². The normalized spacial score (nSPS) is 15.2. The second-order valence-electron chi connectivity index (χ2n) is 5.78. The number of amides is 1. The molecule has 0 radical (unpaired) electrons. The molecule has 4 rings (SSSR count). The number of ether oxygens (including phenoxy) is 2. The van der Waals surface area contributed by atoms with Crippen LogP contribution >= 0.6 is 11.3 Å². The molecule has 3 aromatic rings. The van der Waals surface area contributed by atoms with E-state index in [1.165, 1.54) is 35.6 Å². The van der Waals surface area contributed by atoms with Crippen LogP contribution in [-0.4, -0.2) is 28.8 Å². The van der Waals surface area contributed by atoms with Crippen LogP contribution in [0.3, 0.4) is 0 Å². The highest BCUT2D eigenvalue weighted by Gasteiger charge is 2.30. The van der Waals surface area contributed by atoms with E-state index in [9.17, 15) is 18.0 Å². The lowest BCUT2D eigenvalue weighted by Gasteiger charge is -2.25. The lowest BCUT2D eigenvalue weighted by Crippen LogP contribution is -2.32. The van der Waals surface area contributed by atoms with E-state index in [1.807, 2.05) is 12.1 Å². The number of pyridine rings is 1. The fraction of sp³-hybridized carbons (Fsp3) is 0.211. The molecule has 3 heterocycles. The molecule has 1 aliphatic rings. The van der Waals surface area contributed by atoms with E-state index in [1.54, 1.807) is 24.0 Å². The number of rotatable bonds is 3. The highest BCUT2D eigenvalue weighted by Crippen LogP contribution is 2.29. The van der Waals surface area contributed by atoms with E-state index < -0.39 is 6.36 Å². The Morgan fingerprint density at radius 3 is 2.69 bits per heavy atom. The average Bonchev–Trinajstić information content (AvgIpc) is 3.23. The standard InChI is InChI=1S/C12H11N3O2S.C7H5F3O/c16-12(10-6-13-7-18-10)15-8-3-5-17-9-2-1-4-14-11(8)9;8-7(9,10)11-6-4-2-1-3-5-6/h1-2,4,6-8H,3,5H2,(H,15,16);1-5H. The van der Waals surface area contributed by atoms with Gasteiger partial charge in [0.1, 0.15) is 22.1 Å². The zero-order chi connectivity index (χ0) is 20.7. The summed E-state index contributed by atoms with van der Waals surface area (Å²) in [6.45, 7) is 0.590. The lowest BCUT2D eigenvalue weighted by molar-refractivity contribution is -0.274. The average molecular weight is 423 g/mol. The molecule has 2 aromatic heterocycles. The highest BCUT2D eigenvalue weighted by molar-refractivity contribution is 7.11. The minimum Gasteiger partial charge on any atom is -0.491 e. The van der Waals surface area contributed by atoms with E-state index in [0.717, 1.165) is 17.9 Å². The third kappa shape index (κ3) is 6.18. The Morgan fingerprint density at radius 1 is 1.21 bits per heavy atom. The largest absolute Gasteiger partial charge is 0.573 e. The van der Waals surface area contributed by atoms with E-state index in [4.69, 9.17) is 4.74 Å². The Labute approximate surface area is 168 Å². The van der Waals surface area contributed by atoms with Crippen molar-refractivity contribution in [2.75, 3.05) is 6.61 Å². The van der Waals surface area contributed by atoms with Crippen molar-refractivity contribution in [3.05, 3.63) is 70.9 Å². The summed E-state index contributed by atoms with van der Waals surface area (Å²) < 4.78 is 43.7. The molecule has 1 N–H and O–H groups in total. The van der Waals surface area contributed by atoms with Crippen molar-refractivity contribution < 1.29 is 27.4 Å². The van der Waals surface area contributed by atoms with Crippen LogP contribution in [0.1, 0.15) is 27.8 Å². The number of alkyl halides is 3. The van der Waals surface area contributed by atoms with Crippen LogP contribution in [0.25, 0.3) is 0 Å². The lowest BCUT2D eigenvalue weighted by atomic mass is 10.1. The van der Waals surface area contributed by atoms with Gasteiger partial charge >= 0.3 is 6.36 Å². The fourth-order valence-electron chi connectivity index (χ4n) is 2.53. The van der Waals surface area contributed by atoms with Crippen molar-refractivity contribution >= 4 is 17.2 Å². The number of fused-ring (bicyclic) bond motifs is 1. The van der Waals surface area contributed by atoms with Crippen molar-refractivity contribution in [1.82, 2.24) is 15.3 Å². The van der Waals surface area contributed by atoms with Gasteiger partial charge in [0, 0.05) is 12.6 Å². The second kappa shape index (κ2) is 9.37. The number of nitrogens with zero attached hydrogens (tertiary/aromatic N) is 2. The molecule has 1 aromatic carbocycles. The number of aromatic nitrogens is 2. The van der Waals surface area contributed by atoms with Gasteiger partial charge in [0.05, 0.1) is 24.4 Å². The summed E-state index contributed by atoms with van der Waals surface area (Å²) in [6.07, 6.45) is -0.589. The zero-order valence-corrected chi connectivity index (χ0v) is 15.7. The molecule has 152 valence electrons. The molecule has 29 heavy (non-hydrogen) atoms. The number of thiazole rings is 1. The summed E-state index contributed by atoms with van der Waals surface area (Å²) in [5, 5.41) is 2.97. The van der Waals surface area contributed by atoms with Gasteiger partial charge in [-0.2, -0.15) is 0 Å². The molecule has 0 spiro atoms. The van der Waals surface area contributed by atoms with Gasteiger partial charge in [-0.1, -0.05) is 18.2 Å². The molecule has 0 saturated heterocycles. The van der Waals surface area contributed by atoms with Gasteiger partial charge < -0.3 is 14.8 Å². The number of para-hydroxylation sites is 1. The van der Waals surface area contributed by atoms with Crippen LogP contribution in [-0.2, 0) is 0 Å². The van der Waals surface area contributed by atoms with E-state index in [-0.39, 0.29) is 17.7 Å². The van der Waals surface area contributed by atoms with Crippen molar-refractivity contribution in [1.29, 1.82) is 0 Å². The Hall–Kier alpha value is -3.14. The molecular formula is C19H16F3N3O3S. The topological polar surface area (TPSA) is 73.3 Å². The van der Waals surface area contributed by atoms with Gasteiger partial charge in [-0.05, 0) is 24.3 Å². The molecule has 10 heteroatoms. The first-order valence-corrected chi connectivity index (χ1v) is 9.38. The number of benzene rings is 1. The Morgan fingerprint density at radius 2 is 2.00 bits per heavy atom. The maximum absolute atomic E-state index is 12.0. The number of halogens is 3. The quantitative estimate of drug-likeness (QED) is 0.677. The van der Waals surface area contributed by atoms with Crippen LogP contribution < -0.4 is 14.8 Å². The van der Waals surface area contributed by atoms with Crippen LogP contribution in [0.5, 0.6) is 11.5 Å². The van der Waals surface area contributed by atoms with Crippen LogP contribution in [0.4, 0.5) is 13.2 Å². The van der Waals surface area contributed by atoms with Gasteiger partial charge in [0.2, 0.25) is 0 Å². The Balaban J connectivity index is 0.000000188. The second-order valence-corrected chi connectivity index (χ2v) is 6.66.